The molecule has 0 N–H and O–H groups in total. The maximum Gasteiger partial charge on any atom is 0.253 e. The number of rotatable bonds is 4. The summed E-state index contributed by atoms with van der Waals surface area (Å²) in [6, 6.07) is 0.845. The zero-order chi connectivity index (χ0) is 13.1. The Morgan fingerprint density at radius 2 is 2.17 bits per heavy atom. The highest BCUT2D eigenvalue weighted by Gasteiger charge is 2.21. The highest BCUT2D eigenvalue weighted by Crippen LogP contribution is 2.20. The van der Waals surface area contributed by atoms with Gasteiger partial charge in [-0.05, 0) is 32.9 Å². The van der Waals surface area contributed by atoms with E-state index in [1.54, 1.807) is 0 Å². The number of nitrogens with zero attached hydrogens (tertiary/aromatic N) is 2. The van der Waals surface area contributed by atoms with E-state index in [2.05, 4.69) is 9.88 Å². The number of pyridine rings is 1. The zero-order valence-corrected chi connectivity index (χ0v) is 10.1. The van der Waals surface area contributed by atoms with Gasteiger partial charge >= 0.3 is 0 Å². The molecule has 0 aromatic carbocycles. The normalized spacial score (nSPS) is 20.3. The van der Waals surface area contributed by atoms with Crippen LogP contribution in [0.4, 0.5) is 13.2 Å². The Kier molecular flexibility index (Phi) is 4.06. The van der Waals surface area contributed by atoms with Crippen LogP contribution in [0.2, 0.25) is 0 Å². The molecule has 1 aliphatic rings. The summed E-state index contributed by atoms with van der Waals surface area (Å²) in [5.74, 6) is -4.11. The minimum Gasteiger partial charge on any atom is -0.475 e. The third-order valence-corrected chi connectivity index (χ3v) is 3.22. The van der Waals surface area contributed by atoms with Crippen LogP contribution >= 0.6 is 0 Å². The van der Waals surface area contributed by atoms with E-state index in [0.29, 0.717) is 12.1 Å². The number of likely N-dealkylation sites (tertiary alicyclic amines) is 1. The van der Waals surface area contributed by atoms with Gasteiger partial charge < -0.3 is 9.64 Å². The van der Waals surface area contributed by atoms with Gasteiger partial charge in [0.05, 0.1) is 6.61 Å². The molecule has 0 saturated carbocycles. The second-order valence-corrected chi connectivity index (χ2v) is 4.46. The van der Waals surface area contributed by atoms with Gasteiger partial charge in [0.15, 0.2) is 11.6 Å². The number of ether oxygens (including phenoxy) is 1. The topological polar surface area (TPSA) is 25.4 Å². The molecular formula is C12H15F3N2O. The summed E-state index contributed by atoms with van der Waals surface area (Å²) in [7, 11) is 2.02. The predicted octanol–water partition coefficient (Wildman–Crippen LogP) is 2.36. The van der Waals surface area contributed by atoms with Crippen molar-refractivity contribution in [1.82, 2.24) is 9.88 Å². The summed E-state index contributed by atoms with van der Waals surface area (Å²) < 4.78 is 43.7. The zero-order valence-electron chi connectivity index (χ0n) is 10.1. The molecule has 100 valence electrons. The van der Waals surface area contributed by atoms with Gasteiger partial charge in [-0.15, -0.1) is 0 Å². The molecule has 18 heavy (non-hydrogen) atoms. The Hall–Kier alpha value is -1.30. The lowest BCUT2D eigenvalue weighted by atomic mass is 10.1. The minimum atomic E-state index is -1.34. The van der Waals surface area contributed by atoms with E-state index in [9.17, 15) is 13.2 Å². The fourth-order valence-corrected chi connectivity index (χ4v) is 2.17. The van der Waals surface area contributed by atoms with Crippen molar-refractivity contribution in [3.8, 4) is 5.88 Å². The quantitative estimate of drug-likeness (QED) is 0.777. The summed E-state index contributed by atoms with van der Waals surface area (Å²) in [4.78, 5) is 5.31. The highest BCUT2D eigenvalue weighted by atomic mass is 19.2. The van der Waals surface area contributed by atoms with Gasteiger partial charge in [0, 0.05) is 12.1 Å². The largest absolute Gasteiger partial charge is 0.475 e. The summed E-state index contributed by atoms with van der Waals surface area (Å²) in [6.07, 6.45) is 2.93. The number of aromatic nitrogens is 1. The third kappa shape index (κ3) is 2.93. The van der Waals surface area contributed by atoms with Crippen LogP contribution in [0.5, 0.6) is 5.88 Å². The molecule has 1 aliphatic heterocycles. The monoisotopic (exact) mass is 260 g/mol. The molecular weight excluding hydrogens is 245 g/mol. The Morgan fingerprint density at radius 1 is 1.39 bits per heavy atom. The molecule has 1 unspecified atom stereocenters. The maximum atomic E-state index is 13.2. The van der Waals surface area contributed by atoms with Gasteiger partial charge in [-0.1, -0.05) is 0 Å². The van der Waals surface area contributed by atoms with Gasteiger partial charge in [0.1, 0.15) is 0 Å². The van der Waals surface area contributed by atoms with E-state index in [0.717, 1.165) is 25.8 Å². The standard InChI is InChI=1S/C12H15F3N2O/c1-17-5-2-3-8(17)4-6-18-12-10(14)7-9(13)11(15)16-12/h7-8H,2-6H2,1H3. The van der Waals surface area contributed by atoms with E-state index in [4.69, 9.17) is 4.74 Å². The number of hydrogen-bond donors (Lipinski definition) is 0. The van der Waals surface area contributed by atoms with Crippen molar-refractivity contribution in [3.05, 3.63) is 23.6 Å². The lowest BCUT2D eigenvalue weighted by molar-refractivity contribution is 0.219. The highest BCUT2D eigenvalue weighted by molar-refractivity contribution is 5.15. The van der Waals surface area contributed by atoms with Crippen LogP contribution in [-0.2, 0) is 0 Å². The van der Waals surface area contributed by atoms with Crippen molar-refractivity contribution < 1.29 is 17.9 Å². The lowest BCUT2D eigenvalue weighted by Crippen LogP contribution is -2.26. The SMILES string of the molecule is CN1CCCC1CCOc1nc(F)c(F)cc1F. The average molecular weight is 260 g/mol. The maximum absolute atomic E-state index is 13.2. The first-order chi connectivity index (χ1) is 8.58. The molecule has 1 saturated heterocycles. The smallest absolute Gasteiger partial charge is 0.253 e. The molecule has 0 radical (unpaired) electrons. The molecule has 0 amide bonds. The van der Waals surface area contributed by atoms with E-state index >= 15 is 0 Å². The Balaban J connectivity index is 1.88. The summed E-state index contributed by atoms with van der Waals surface area (Å²) in [6.45, 7) is 1.28. The first-order valence-corrected chi connectivity index (χ1v) is 5.92. The van der Waals surface area contributed by atoms with Crippen molar-refractivity contribution in [3.63, 3.8) is 0 Å². The fourth-order valence-electron chi connectivity index (χ4n) is 2.17. The van der Waals surface area contributed by atoms with Crippen molar-refractivity contribution >= 4 is 0 Å². The molecule has 1 aromatic heterocycles. The van der Waals surface area contributed by atoms with E-state index < -0.39 is 23.5 Å². The molecule has 0 bridgehead atoms. The lowest BCUT2D eigenvalue weighted by Gasteiger charge is -2.19. The summed E-state index contributed by atoms with van der Waals surface area (Å²) in [5, 5.41) is 0. The fraction of sp³-hybridized carbons (Fsp3) is 0.583. The first-order valence-electron chi connectivity index (χ1n) is 5.92. The average Bonchev–Trinajstić information content (AvgIpc) is 2.72. The van der Waals surface area contributed by atoms with E-state index in [-0.39, 0.29) is 6.61 Å². The molecule has 1 fully saturated rings. The number of halogens is 3. The van der Waals surface area contributed by atoms with Crippen LogP contribution in [0, 0.1) is 17.6 Å². The number of hydrogen-bond acceptors (Lipinski definition) is 3. The Labute approximate surface area is 104 Å². The van der Waals surface area contributed by atoms with Gasteiger partial charge in [-0.25, -0.2) is 8.78 Å². The summed E-state index contributed by atoms with van der Waals surface area (Å²) in [5.41, 5.74) is 0. The van der Waals surface area contributed by atoms with Crippen molar-refractivity contribution in [1.29, 1.82) is 0 Å². The summed E-state index contributed by atoms with van der Waals surface area (Å²) >= 11 is 0. The van der Waals surface area contributed by atoms with Crippen molar-refractivity contribution in [2.24, 2.45) is 0 Å². The molecule has 1 aromatic rings. The van der Waals surface area contributed by atoms with Gasteiger partial charge in [-0.3, -0.25) is 0 Å². The second-order valence-electron chi connectivity index (χ2n) is 4.46. The molecule has 0 spiro atoms. The predicted molar refractivity (Wildman–Crippen MR) is 59.9 cm³/mol. The van der Waals surface area contributed by atoms with Gasteiger partial charge in [0.25, 0.3) is 11.8 Å². The van der Waals surface area contributed by atoms with Crippen LogP contribution < -0.4 is 4.74 Å². The third-order valence-electron chi connectivity index (χ3n) is 3.22. The first kappa shape index (κ1) is 13.1. The van der Waals surface area contributed by atoms with E-state index in [1.807, 2.05) is 7.05 Å². The van der Waals surface area contributed by atoms with Gasteiger partial charge in [-0.2, -0.15) is 9.37 Å². The molecule has 1 atom stereocenters. The van der Waals surface area contributed by atoms with Crippen LogP contribution in [0.1, 0.15) is 19.3 Å². The Morgan fingerprint density at radius 3 is 2.83 bits per heavy atom. The van der Waals surface area contributed by atoms with Crippen molar-refractivity contribution in [2.75, 3.05) is 20.2 Å². The van der Waals surface area contributed by atoms with Crippen LogP contribution in [0.15, 0.2) is 6.07 Å². The Bertz CT molecular complexity index is 428. The minimum absolute atomic E-state index is 0.240. The van der Waals surface area contributed by atoms with Crippen LogP contribution in [0.25, 0.3) is 0 Å². The molecule has 3 nitrogen and oxygen atoms in total. The second kappa shape index (κ2) is 5.56. The molecule has 6 heteroatoms. The van der Waals surface area contributed by atoms with Crippen LogP contribution in [0.3, 0.4) is 0 Å². The molecule has 2 rings (SSSR count). The van der Waals surface area contributed by atoms with E-state index in [1.165, 1.54) is 0 Å². The van der Waals surface area contributed by atoms with Gasteiger partial charge in [0.2, 0.25) is 0 Å². The van der Waals surface area contributed by atoms with Crippen LogP contribution in [-0.4, -0.2) is 36.1 Å². The molecule has 0 aliphatic carbocycles. The van der Waals surface area contributed by atoms with Crippen molar-refractivity contribution in [2.45, 2.75) is 25.3 Å². The molecule has 2 heterocycles.